The number of hydrogen-bond donors (Lipinski definition) is 0. The van der Waals surface area contributed by atoms with Gasteiger partial charge in [0.1, 0.15) is 5.75 Å². The fourth-order valence-electron chi connectivity index (χ4n) is 3.02. The summed E-state index contributed by atoms with van der Waals surface area (Å²) in [5, 5.41) is 0.551. The van der Waals surface area contributed by atoms with Crippen LogP contribution < -0.4 is 4.74 Å². The average Bonchev–Trinajstić information content (AvgIpc) is 2.48. The number of fused-ring (bicyclic) bond motifs is 1. The summed E-state index contributed by atoms with van der Waals surface area (Å²) in [6, 6.07) is 5.29. The molecule has 1 saturated carbocycles. The fraction of sp³-hybridized carbons (Fsp3) is 0.562. The van der Waals surface area contributed by atoms with Crippen LogP contribution in [0.2, 0.25) is 5.02 Å². The Bertz CT molecular complexity index is 537. The van der Waals surface area contributed by atoms with E-state index in [4.69, 9.17) is 25.8 Å². The molecule has 0 radical (unpaired) electrons. The highest BCUT2D eigenvalue weighted by atomic mass is 35.5. The van der Waals surface area contributed by atoms with Crippen molar-refractivity contribution in [2.45, 2.75) is 50.9 Å². The van der Waals surface area contributed by atoms with Crippen molar-refractivity contribution in [1.29, 1.82) is 0 Å². The highest BCUT2D eigenvalue weighted by molar-refractivity contribution is 6.30. The normalized spacial score (nSPS) is 23.2. The molecule has 3 rings (SSSR count). The molecule has 1 aliphatic carbocycles. The van der Waals surface area contributed by atoms with Crippen molar-refractivity contribution < 1.29 is 19.0 Å². The molecule has 114 valence electrons. The quantitative estimate of drug-likeness (QED) is 0.774. The molecule has 0 N–H and O–H groups in total. The molecule has 0 aromatic heterocycles. The molecule has 1 aromatic carbocycles. The Morgan fingerprint density at radius 2 is 2.14 bits per heavy atom. The van der Waals surface area contributed by atoms with Crippen molar-refractivity contribution in [3.05, 3.63) is 28.8 Å². The van der Waals surface area contributed by atoms with Crippen LogP contribution in [0.5, 0.6) is 5.75 Å². The molecule has 4 nitrogen and oxygen atoms in total. The number of hydrogen-bond acceptors (Lipinski definition) is 4. The summed E-state index contributed by atoms with van der Waals surface area (Å²) in [6.07, 6.45) is 4.09. The van der Waals surface area contributed by atoms with E-state index in [-0.39, 0.29) is 5.97 Å². The zero-order valence-electron chi connectivity index (χ0n) is 12.1. The van der Waals surface area contributed by atoms with Gasteiger partial charge in [-0.3, -0.25) is 0 Å². The average molecular weight is 311 g/mol. The molecule has 1 fully saturated rings. The van der Waals surface area contributed by atoms with Crippen LogP contribution in [0.3, 0.4) is 0 Å². The Balaban J connectivity index is 1.97. The standard InChI is InChI=1S/C16H19ClO4/c1-2-19-15(18)14-12-10-11(17)6-7-13(12)20-16(21-14)8-4-3-5-9-16/h6-7,10,14H,2-5,8-9H2,1H3. The minimum absolute atomic E-state index is 0.322. The van der Waals surface area contributed by atoms with Gasteiger partial charge in [0.15, 0.2) is 6.10 Å². The molecule has 2 aliphatic rings. The van der Waals surface area contributed by atoms with Crippen molar-refractivity contribution in [2.75, 3.05) is 6.61 Å². The molecule has 21 heavy (non-hydrogen) atoms. The fourth-order valence-corrected chi connectivity index (χ4v) is 3.20. The Hall–Kier alpha value is -1.26. The van der Waals surface area contributed by atoms with E-state index in [0.29, 0.717) is 22.9 Å². The number of carbonyl (C=O) groups is 1. The van der Waals surface area contributed by atoms with Crippen molar-refractivity contribution in [3.8, 4) is 5.75 Å². The number of esters is 1. The largest absolute Gasteiger partial charge is 0.464 e. The number of rotatable bonds is 2. The van der Waals surface area contributed by atoms with Gasteiger partial charge in [-0.1, -0.05) is 18.0 Å². The zero-order chi connectivity index (χ0) is 14.9. The maximum Gasteiger partial charge on any atom is 0.340 e. The number of carbonyl (C=O) groups excluding carboxylic acids is 1. The first kappa shape index (κ1) is 14.7. The lowest BCUT2D eigenvalue weighted by molar-refractivity contribution is -0.248. The second-order valence-electron chi connectivity index (χ2n) is 5.51. The van der Waals surface area contributed by atoms with E-state index in [1.807, 2.05) is 6.07 Å². The minimum Gasteiger partial charge on any atom is -0.464 e. The van der Waals surface area contributed by atoms with Gasteiger partial charge in [-0.15, -0.1) is 0 Å². The third-order valence-electron chi connectivity index (χ3n) is 4.00. The predicted octanol–water partition coefficient (Wildman–Crippen LogP) is 4.01. The minimum atomic E-state index is -0.759. The van der Waals surface area contributed by atoms with Crippen molar-refractivity contribution in [3.63, 3.8) is 0 Å². The molecule has 1 atom stereocenters. The Morgan fingerprint density at radius 1 is 1.38 bits per heavy atom. The smallest absolute Gasteiger partial charge is 0.340 e. The summed E-state index contributed by atoms with van der Waals surface area (Å²) in [4.78, 5) is 12.3. The second kappa shape index (κ2) is 5.85. The Morgan fingerprint density at radius 3 is 2.86 bits per heavy atom. The molecule has 5 heteroatoms. The van der Waals surface area contributed by atoms with Crippen LogP contribution in [0, 0.1) is 0 Å². The van der Waals surface area contributed by atoms with E-state index in [9.17, 15) is 4.79 Å². The lowest BCUT2D eigenvalue weighted by Crippen LogP contribution is -2.46. The molecule has 0 amide bonds. The molecule has 1 aromatic rings. The van der Waals surface area contributed by atoms with Gasteiger partial charge in [-0.25, -0.2) is 4.79 Å². The Labute approximate surface area is 129 Å². The summed E-state index contributed by atoms with van der Waals surface area (Å²) in [7, 11) is 0. The highest BCUT2D eigenvalue weighted by Gasteiger charge is 2.45. The maximum atomic E-state index is 12.3. The van der Waals surface area contributed by atoms with Gasteiger partial charge in [0.2, 0.25) is 5.79 Å². The summed E-state index contributed by atoms with van der Waals surface area (Å²) in [6.45, 7) is 2.11. The molecule has 1 heterocycles. The van der Waals surface area contributed by atoms with Crippen molar-refractivity contribution in [1.82, 2.24) is 0 Å². The predicted molar refractivity (Wildman–Crippen MR) is 78.4 cm³/mol. The summed E-state index contributed by atoms with van der Waals surface area (Å²) in [5.41, 5.74) is 0.650. The third kappa shape index (κ3) is 2.87. The van der Waals surface area contributed by atoms with Crippen LogP contribution in [0.25, 0.3) is 0 Å². The van der Waals surface area contributed by atoms with Gasteiger partial charge < -0.3 is 14.2 Å². The van der Waals surface area contributed by atoms with Crippen LogP contribution >= 0.6 is 11.6 Å². The van der Waals surface area contributed by atoms with E-state index in [1.165, 1.54) is 6.42 Å². The zero-order valence-corrected chi connectivity index (χ0v) is 12.8. The van der Waals surface area contributed by atoms with Crippen LogP contribution in [-0.4, -0.2) is 18.4 Å². The van der Waals surface area contributed by atoms with Gasteiger partial charge in [0.05, 0.1) is 6.61 Å². The molecule has 0 saturated heterocycles. The van der Waals surface area contributed by atoms with E-state index in [2.05, 4.69) is 0 Å². The molecular weight excluding hydrogens is 292 g/mol. The summed E-state index contributed by atoms with van der Waals surface area (Å²) >= 11 is 6.04. The van der Waals surface area contributed by atoms with E-state index < -0.39 is 11.9 Å². The van der Waals surface area contributed by atoms with E-state index >= 15 is 0 Å². The van der Waals surface area contributed by atoms with Crippen LogP contribution in [0.1, 0.15) is 50.7 Å². The first-order valence-corrected chi connectivity index (χ1v) is 7.84. The summed E-state index contributed by atoms with van der Waals surface area (Å²) < 4.78 is 17.3. The molecule has 0 bridgehead atoms. The number of benzene rings is 1. The van der Waals surface area contributed by atoms with Crippen LogP contribution in [0.15, 0.2) is 18.2 Å². The SMILES string of the molecule is CCOC(=O)C1OC2(CCCCC2)Oc2ccc(Cl)cc21. The number of ether oxygens (including phenoxy) is 3. The summed E-state index contributed by atoms with van der Waals surface area (Å²) in [5.74, 6) is -0.406. The van der Waals surface area contributed by atoms with Crippen molar-refractivity contribution >= 4 is 17.6 Å². The first-order chi connectivity index (χ1) is 10.1. The Kier molecular flexibility index (Phi) is 4.09. The lowest BCUT2D eigenvalue weighted by Gasteiger charge is -2.43. The lowest BCUT2D eigenvalue weighted by atomic mass is 9.92. The molecule has 1 aliphatic heterocycles. The van der Waals surface area contributed by atoms with E-state index in [0.717, 1.165) is 25.7 Å². The van der Waals surface area contributed by atoms with Gasteiger partial charge in [-0.2, -0.15) is 0 Å². The molecule has 1 unspecified atom stereocenters. The molecule has 1 spiro atoms. The van der Waals surface area contributed by atoms with Gasteiger partial charge in [-0.05, 0) is 38.0 Å². The van der Waals surface area contributed by atoms with Crippen molar-refractivity contribution in [2.24, 2.45) is 0 Å². The highest BCUT2D eigenvalue weighted by Crippen LogP contribution is 2.46. The van der Waals surface area contributed by atoms with Crippen LogP contribution in [-0.2, 0) is 14.3 Å². The number of halogens is 1. The van der Waals surface area contributed by atoms with Crippen LogP contribution in [0.4, 0.5) is 0 Å². The first-order valence-electron chi connectivity index (χ1n) is 7.46. The van der Waals surface area contributed by atoms with E-state index in [1.54, 1.807) is 19.1 Å². The van der Waals surface area contributed by atoms with Gasteiger partial charge >= 0.3 is 5.97 Å². The van der Waals surface area contributed by atoms with Gasteiger partial charge in [0, 0.05) is 23.4 Å². The second-order valence-corrected chi connectivity index (χ2v) is 5.94. The third-order valence-corrected chi connectivity index (χ3v) is 4.23. The maximum absolute atomic E-state index is 12.3. The topological polar surface area (TPSA) is 44.8 Å². The monoisotopic (exact) mass is 310 g/mol. The molecular formula is C16H19ClO4. The van der Waals surface area contributed by atoms with Gasteiger partial charge in [0.25, 0.3) is 0 Å².